The molecule has 1 aromatic heterocycles. The molecule has 0 spiro atoms. The molecule has 1 aromatic carbocycles. The number of carbonyl (C=O) groups is 1. The highest BCUT2D eigenvalue weighted by molar-refractivity contribution is 7.99. The number of nitrogens with zero attached hydrogens (tertiary/aromatic N) is 2. The Morgan fingerprint density at radius 2 is 1.93 bits per heavy atom. The van der Waals surface area contributed by atoms with Crippen molar-refractivity contribution in [2.45, 2.75) is 48.0 Å². The van der Waals surface area contributed by atoms with Crippen molar-refractivity contribution in [1.29, 1.82) is 0 Å². The minimum absolute atomic E-state index is 0.112. The number of halogens is 1. The van der Waals surface area contributed by atoms with Crippen molar-refractivity contribution >= 4 is 35.3 Å². The Morgan fingerprint density at radius 1 is 1.21 bits per heavy atom. The molecule has 2 aromatic rings. The maximum Gasteiger partial charge on any atom is 0.342 e. The van der Waals surface area contributed by atoms with Crippen LogP contribution in [0.25, 0.3) is 0 Å². The Hall–Kier alpha value is -1.80. The number of thioether (sulfide) groups is 2. The summed E-state index contributed by atoms with van der Waals surface area (Å²) in [5.41, 5.74) is 1.02. The number of rotatable bonds is 8. The van der Waals surface area contributed by atoms with Gasteiger partial charge in [0.2, 0.25) is 0 Å². The van der Waals surface area contributed by atoms with Gasteiger partial charge in [0.15, 0.2) is 5.16 Å². The second-order valence-corrected chi connectivity index (χ2v) is 8.58. The van der Waals surface area contributed by atoms with Gasteiger partial charge >= 0.3 is 5.97 Å². The van der Waals surface area contributed by atoms with Gasteiger partial charge in [-0.3, -0.25) is 0 Å². The van der Waals surface area contributed by atoms with E-state index >= 15 is 0 Å². The molecule has 0 unspecified atom stereocenters. The summed E-state index contributed by atoms with van der Waals surface area (Å²) < 4.78 is 13.1. The first-order valence-electron chi connectivity index (χ1n) is 9.37. The molecule has 3 rings (SSSR count). The van der Waals surface area contributed by atoms with Crippen molar-refractivity contribution in [3.63, 3.8) is 0 Å². The molecule has 150 valence electrons. The summed E-state index contributed by atoms with van der Waals surface area (Å²) in [5, 5.41) is 14.0. The molecule has 0 saturated heterocycles. The monoisotopic (exact) mass is 421 g/mol. The largest absolute Gasteiger partial charge is 0.477 e. The first kappa shape index (κ1) is 20.9. The normalized spacial score (nSPS) is 14.8. The molecule has 5 nitrogen and oxygen atoms in total. The highest BCUT2D eigenvalue weighted by Gasteiger charge is 2.22. The SMILES string of the molecule is CSc1nc(NCC2CCCCC2)c(C(=O)O)c(SCc2ccc(F)cc2)n1. The number of nitrogens with one attached hydrogen (secondary N) is 1. The van der Waals surface area contributed by atoms with Gasteiger partial charge in [0.05, 0.1) is 0 Å². The summed E-state index contributed by atoms with van der Waals surface area (Å²) in [5.74, 6) is 0.117. The molecule has 1 fully saturated rings. The van der Waals surface area contributed by atoms with Crippen LogP contribution in [-0.2, 0) is 5.75 Å². The molecule has 28 heavy (non-hydrogen) atoms. The van der Waals surface area contributed by atoms with Crippen molar-refractivity contribution in [2.75, 3.05) is 18.1 Å². The van der Waals surface area contributed by atoms with E-state index in [1.54, 1.807) is 12.1 Å². The van der Waals surface area contributed by atoms with Crippen molar-refractivity contribution in [3.05, 3.63) is 41.2 Å². The van der Waals surface area contributed by atoms with E-state index in [1.807, 2.05) is 6.26 Å². The van der Waals surface area contributed by atoms with Crippen LogP contribution in [0.1, 0.15) is 48.0 Å². The smallest absolute Gasteiger partial charge is 0.342 e. The Morgan fingerprint density at radius 3 is 2.57 bits per heavy atom. The minimum Gasteiger partial charge on any atom is -0.477 e. The fourth-order valence-electron chi connectivity index (χ4n) is 3.30. The van der Waals surface area contributed by atoms with Crippen molar-refractivity contribution in [2.24, 2.45) is 5.92 Å². The van der Waals surface area contributed by atoms with Gasteiger partial charge in [0.25, 0.3) is 0 Å². The van der Waals surface area contributed by atoms with Gasteiger partial charge in [-0.2, -0.15) is 0 Å². The second kappa shape index (κ2) is 10.1. The van der Waals surface area contributed by atoms with Crippen LogP contribution in [0.2, 0.25) is 0 Å². The van der Waals surface area contributed by atoms with Crippen LogP contribution in [0.3, 0.4) is 0 Å². The van der Waals surface area contributed by atoms with Gasteiger partial charge in [0.1, 0.15) is 22.2 Å². The summed E-state index contributed by atoms with van der Waals surface area (Å²) in [4.78, 5) is 20.8. The highest BCUT2D eigenvalue weighted by Crippen LogP contribution is 2.31. The number of carboxylic acid groups (broad SMARTS) is 1. The van der Waals surface area contributed by atoms with Crippen LogP contribution in [0.5, 0.6) is 0 Å². The van der Waals surface area contributed by atoms with Crippen molar-refractivity contribution in [3.8, 4) is 0 Å². The zero-order valence-corrected chi connectivity index (χ0v) is 17.4. The third-order valence-corrected chi connectivity index (χ3v) is 6.42. The molecule has 0 radical (unpaired) electrons. The molecule has 1 heterocycles. The first-order chi connectivity index (χ1) is 13.6. The maximum absolute atomic E-state index is 13.1. The average Bonchev–Trinajstić information content (AvgIpc) is 2.71. The number of benzene rings is 1. The number of hydrogen-bond acceptors (Lipinski definition) is 6. The Bertz CT molecular complexity index is 812. The Kier molecular flexibility index (Phi) is 7.56. The van der Waals surface area contributed by atoms with E-state index in [2.05, 4.69) is 15.3 Å². The number of anilines is 1. The van der Waals surface area contributed by atoms with Crippen molar-refractivity contribution < 1.29 is 14.3 Å². The quantitative estimate of drug-likeness (QED) is 0.339. The van der Waals surface area contributed by atoms with Gasteiger partial charge in [-0.1, -0.05) is 43.2 Å². The van der Waals surface area contributed by atoms with Crippen LogP contribution >= 0.6 is 23.5 Å². The molecular formula is C20H24FN3O2S2. The average molecular weight is 422 g/mol. The van der Waals surface area contributed by atoms with Gasteiger partial charge in [-0.05, 0) is 42.7 Å². The van der Waals surface area contributed by atoms with Gasteiger partial charge < -0.3 is 10.4 Å². The fraction of sp³-hybridized carbons (Fsp3) is 0.450. The van der Waals surface area contributed by atoms with E-state index in [9.17, 15) is 14.3 Å². The molecule has 8 heteroatoms. The minimum atomic E-state index is -1.04. The highest BCUT2D eigenvalue weighted by atomic mass is 32.2. The topological polar surface area (TPSA) is 75.1 Å². The molecule has 0 amide bonds. The molecule has 0 bridgehead atoms. The van der Waals surface area contributed by atoms with Gasteiger partial charge in [0, 0.05) is 12.3 Å². The molecule has 1 saturated carbocycles. The van der Waals surface area contributed by atoms with Crippen LogP contribution in [0.15, 0.2) is 34.4 Å². The third kappa shape index (κ3) is 5.61. The molecule has 1 aliphatic carbocycles. The summed E-state index contributed by atoms with van der Waals surface area (Å²) in [6.45, 7) is 0.729. The van der Waals surface area contributed by atoms with E-state index < -0.39 is 5.97 Å². The van der Waals surface area contributed by atoms with E-state index in [0.29, 0.717) is 27.7 Å². The summed E-state index contributed by atoms with van der Waals surface area (Å²) in [6, 6.07) is 6.19. The first-order valence-corrected chi connectivity index (χ1v) is 11.6. The second-order valence-electron chi connectivity index (χ2n) is 6.84. The van der Waals surface area contributed by atoms with Crippen LogP contribution in [0.4, 0.5) is 10.2 Å². The summed E-state index contributed by atoms with van der Waals surface area (Å²) >= 11 is 2.72. The molecule has 1 aliphatic rings. The third-order valence-electron chi connectivity index (χ3n) is 4.82. The summed E-state index contributed by atoms with van der Waals surface area (Å²) in [6.07, 6.45) is 7.96. The summed E-state index contributed by atoms with van der Waals surface area (Å²) in [7, 11) is 0. The van der Waals surface area contributed by atoms with Gasteiger partial charge in [-0.15, -0.1) is 11.8 Å². The standard InChI is InChI=1S/C20H24FN3O2S2/c1-27-20-23-17(22-11-13-5-3-2-4-6-13)16(19(25)26)18(24-20)28-12-14-7-9-15(21)10-8-14/h7-10,13H,2-6,11-12H2,1H3,(H,25,26)(H,22,23,24). The van der Waals surface area contributed by atoms with Crippen molar-refractivity contribution in [1.82, 2.24) is 9.97 Å². The molecule has 2 N–H and O–H groups in total. The fourth-order valence-corrected chi connectivity index (χ4v) is 4.70. The Balaban J connectivity index is 1.80. The van der Waals surface area contributed by atoms with Crippen LogP contribution < -0.4 is 5.32 Å². The molecular weight excluding hydrogens is 397 g/mol. The predicted molar refractivity (Wildman–Crippen MR) is 112 cm³/mol. The predicted octanol–water partition coefficient (Wildman–Crippen LogP) is 5.32. The number of hydrogen-bond donors (Lipinski definition) is 2. The lowest BCUT2D eigenvalue weighted by atomic mass is 9.89. The zero-order chi connectivity index (χ0) is 19.9. The van der Waals surface area contributed by atoms with Gasteiger partial charge in [-0.25, -0.2) is 19.2 Å². The van der Waals surface area contributed by atoms with Crippen LogP contribution in [-0.4, -0.2) is 33.8 Å². The van der Waals surface area contributed by atoms with E-state index in [1.165, 1.54) is 67.8 Å². The lowest BCUT2D eigenvalue weighted by Crippen LogP contribution is -2.20. The lowest BCUT2D eigenvalue weighted by molar-refractivity contribution is 0.0692. The molecule has 0 aliphatic heterocycles. The number of aromatic nitrogens is 2. The molecule has 0 atom stereocenters. The maximum atomic E-state index is 13.1. The van der Waals surface area contributed by atoms with E-state index in [4.69, 9.17) is 0 Å². The number of aromatic carboxylic acids is 1. The zero-order valence-electron chi connectivity index (χ0n) is 15.8. The van der Waals surface area contributed by atoms with Crippen LogP contribution in [0, 0.1) is 11.7 Å². The van der Waals surface area contributed by atoms with E-state index in [-0.39, 0.29) is 11.4 Å². The number of carboxylic acids is 1. The van der Waals surface area contributed by atoms with E-state index in [0.717, 1.165) is 12.1 Å². The Labute approximate surface area is 172 Å². The lowest BCUT2D eigenvalue weighted by Gasteiger charge is -2.22.